The van der Waals surface area contributed by atoms with E-state index in [0.29, 0.717) is 5.69 Å². The van der Waals surface area contributed by atoms with Crippen molar-refractivity contribution in [1.82, 2.24) is 9.78 Å². The molecule has 1 amide bonds. The summed E-state index contributed by atoms with van der Waals surface area (Å²) in [5.74, 6) is -0.591. The number of carbonyl (C=O) groups is 1. The highest BCUT2D eigenvalue weighted by molar-refractivity contribution is 6.02. The number of aromatic nitrogens is 2. The lowest BCUT2D eigenvalue weighted by atomic mass is 10.2. The van der Waals surface area contributed by atoms with Crippen molar-refractivity contribution in [2.75, 3.05) is 5.32 Å². The maximum absolute atomic E-state index is 12.8. The molecule has 2 aromatic rings. The van der Waals surface area contributed by atoms with E-state index in [1.165, 1.54) is 30.3 Å². The Morgan fingerprint density at radius 1 is 1.33 bits per heavy atom. The van der Waals surface area contributed by atoms with Gasteiger partial charge in [-0.05, 0) is 51.1 Å². The number of carbonyl (C=O) groups excluding carboxylic acids is 1. The zero-order chi connectivity index (χ0) is 15.4. The van der Waals surface area contributed by atoms with Crippen LogP contribution in [0.4, 0.5) is 10.1 Å². The first-order valence-electron chi connectivity index (χ1n) is 6.80. The van der Waals surface area contributed by atoms with Crippen molar-refractivity contribution in [2.45, 2.75) is 27.3 Å². The number of rotatable bonds is 4. The fraction of sp³-hybridized carbons (Fsp3) is 0.250. The number of benzene rings is 1. The summed E-state index contributed by atoms with van der Waals surface area (Å²) in [4.78, 5) is 11.9. The van der Waals surface area contributed by atoms with E-state index in [0.717, 1.165) is 23.5 Å². The number of halogens is 1. The minimum atomic E-state index is -0.332. The quantitative estimate of drug-likeness (QED) is 0.877. The van der Waals surface area contributed by atoms with Gasteiger partial charge in [-0.25, -0.2) is 4.39 Å². The Bertz CT molecular complexity index is 672. The number of aryl methyl sites for hydroxylation is 2. The van der Waals surface area contributed by atoms with Crippen LogP contribution >= 0.6 is 0 Å². The SMILES string of the molecule is CCn1nc(C)c(C=CC(=O)Nc2ccc(F)cc2)c1C. The van der Waals surface area contributed by atoms with Crippen molar-refractivity contribution in [3.8, 4) is 0 Å². The van der Waals surface area contributed by atoms with Crippen LogP contribution in [0.25, 0.3) is 6.08 Å². The maximum atomic E-state index is 12.8. The Hall–Kier alpha value is -2.43. The van der Waals surface area contributed by atoms with Gasteiger partial charge in [0.2, 0.25) is 5.91 Å². The van der Waals surface area contributed by atoms with Crippen molar-refractivity contribution in [1.29, 1.82) is 0 Å². The fourth-order valence-electron chi connectivity index (χ4n) is 2.14. The second-order valence-corrected chi connectivity index (χ2v) is 4.73. The van der Waals surface area contributed by atoms with E-state index in [1.54, 1.807) is 6.08 Å². The van der Waals surface area contributed by atoms with Gasteiger partial charge in [-0.1, -0.05) is 0 Å². The highest BCUT2D eigenvalue weighted by Crippen LogP contribution is 2.15. The van der Waals surface area contributed by atoms with Gasteiger partial charge in [0.25, 0.3) is 0 Å². The second kappa shape index (κ2) is 6.35. The zero-order valence-electron chi connectivity index (χ0n) is 12.4. The molecule has 1 N–H and O–H groups in total. The van der Waals surface area contributed by atoms with Gasteiger partial charge in [0.15, 0.2) is 0 Å². The number of anilines is 1. The molecule has 2 rings (SSSR count). The van der Waals surface area contributed by atoms with Crippen LogP contribution in [-0.4, -0.2) is 15.7 Å². The molecule has 0 aliphatic rings. The van der Waals surface area contributed by atoms with Crippen LogP contribution in [0.1, 0.15) is 23.9 Å². The minimum absolute atomic E-state index is 0.260. The third-order valence-corrected chi connectivity index (χ3v) is 3.25. The lowest BCUT2D eigenvalue weighted by Gasteiger charge is -2.01. The molecule has 110 valence electrons. The molecular weight excluding hydrogens is 269 g/mol. The second-order valence-electron chi connectivity index (χ2n) is 4.73. The molecule has 0 atom stereocenters. The van der Waals surface area contributed by atoms with Gasteiger partial charge >= 0.3 is 0 Å². The van der Waals surface area contributed by atoms with E-state index in [-0.39, 0.29) is 11.7 Å². The average Bonchev–Trinajstić information content (AvgIpc) is 2.74. The Labute approximate surface area is 123 Å². The molecule has 5 heteroatoms. The van der Waals surface area contributed by atoms with Crippen LogP contribution in [0.5, 0.6) is 0 Å². The van der Waals surface area contributed by atoms with E-state index in [1.807, 2.05) is 25.5 Å². The number of nitrogens with zero attached hydrogens (tertiary/aromatic N) is 2. The van der Waals surface area contributed by atoms with E-state index in [2.05, 4.69) is 10.4 Å². The van der Waals surface area contributed by atoms with Crippen molar-refractivity contribution < 1.29 is 9.18 Å². The molecule has 0 radical (unpaired) electrons. The number of hydrogen-bond donors (Lipinski definition) is 1. The molecule has 0 unspecified atom stereocenters. The van der Waals surface area contributed by atoms with E-state index < -0.39 is 0 Å². The van der Waals surface area contributed by atoms with Crippen LogP contribution < -0.4 is 5.32 Å². The molecule has 0 saturated heterocycles. The summed E-state index contributed by atoms with van der Waals surface area (Å²) < 4.78 is 14.7. The molecule has 0 bridgehead atoms. The molecule has 0 fully saturated rings. The summed E-state index contributed by atoms with van der Waals surface area (Å²) >= 11 is 0. The van der Waals surface area contributed by atoms with Gasteiger partial charge in [0.05, 0.1) is 5.69 Å². The predicted octanol–water partition coefficient (Wildman–Crippen LogP) is 3.31. The van der Waals surface area contributed by atoms with Gasteiger partial charge in [0.1, 0.15) is 5.82 Å². The minimum Gasteiger partial charge on any atom is -0.323 e. The molecular formula is C16H18FN3O. The van der Waals surface area contributed by atoms with Crippen molar-refractivity contribution >= 4 is 17.7 Å². The van der Waals surface area contributed by atoms with Crippen LogP contribution in [0.3, 0.4) is 0 Å². The molecule has 0 aliphatic carbocycles. The molecule has 0 spiro atoms. The van der Waals surface area contributed by atoms with Gasteiger partial charge in [-0.2, -0.15) is 5.10 Å². The summed E-state index contributed by atoms with van der Waals surface area (Å²) in [6.07, 6.45) is 3.21. The van der Waals surface area contributed by atoms with E-state index in [4.69, 9.17) is 0 Å². The van der Waals surface area contributed by atoms with Gasteiger partial charge in [-0.15, -0.1) is 0 Å². The highest BCUT2D eigenvalue weighted by atomic mass is 19.1. The summed E-state index contributed by atoms with van der Waals surface area (Å²) in [5.41, 5.74) is 3.43. The molecule has 1 aromatic carbocycles. The summed E-state index contributed by atoms with van der Waals surface area (Å²) in [6.45, 7) is 6.70. The van der Waals surface area contributed by atoms with Gasteiger partial charge in [-0.3, -0.25) is 9.48 Å². The van der Waals surface area contributed by atoms with Gasteiger partial charge < -0.3 is 5.32 Å². The van der Waals surface area contributed by atoms with E-state index in [9.17, 15) is 9.18 Å². The number of hydrogen-bond acceptors (Lipinski definition) is 2. The molecule has 1 heterocycles. The monoisotopic (exact) mass is 287 g/mol. The van der Waals surface area contributed by atoms with E-state index >= 15 is 0 Å². The Morgan fingerprint density at radius 3 is 2.57 bits per heavy atom. The zero-order valence-corrected chi connectivity index (χ0v) is 12.4. The first-order valence-corrected chi connectivity index (χ1v) is 6.80. The van der Waals surface area contributed by atoms with Crippen LogP contribution in [0.2, 0.25) is 0 Å². The maximum Gasteiger partial charge on any atom is 0.248 e. The third kappa shape index (κ3) is 3.56. The van der Waals surface area contributed by atoms with Crippen molar-refractivity contribution in [3.63, 3.8) is 0 Å². The Kier molecular flexibility index (Phi) is 4.52. The molecule has 0 saturated carbocycles. The predicted molar refractivity (Wildman–Crippen MR) is 81.4 cm³/mol. The van der Waals surface area contributed by atoms with Crippen LogP contribution in [-0.2, 0) is 11.3 Å². The highest BCUT2D eigenvalue weighted by Gasteiger charge is 2.08. The average molecular weight is 287 g/mol. The lowest BCUT2D eigenvalue weighted by Crippen LogP contribution is -2.07. The largest absolute Gasteiger partial charge is 0.323 e. The van der Waals surface area contributed by atoms with Crippen molar-refractivity contribution in [3.05, 3.63) is 53.1 Å². The van der Waals surface area contributed by atoms with Crippen molar-refractivity contribution in [2.24, 2.45) is 0 Å². The standard InChI is InChI=1S/C16H18FN3O/c1-4-20-12(3)15(11(2)19-20)9-10-16(21)18-14-7-5-13(17)6-8-14/h5-10H,4H2,1-3H3,(H,18,21). The smallest absolute Gasteiger partial charge is 0.248 e. The molecule has 4 nitrogen and oxygen atoms in total. The Balaban J connectivity index is 2.09. The normalized spacial score (nSPS) is 11.0. The molecule has 21 heavy (non-hydrogen) atoms. The first-order chi connectivity index (χ1) is 10.0. The fourth-order valence-corrected chi connectivity index (χ4v) is 2.14. The van der Waals surface area contributed by atoms with Gasteiger partial charge in [0, 0.05) is 29.6 Å². The third-order valence-electron chi connectivity index (χ3n) is 3.25. The lowest BCUT2D eigenvalue weighted by molar-refractivity contribution is -0.111. The Morgan fingerprint density at radius 2 is 2.00 bits per heavy atom. The molecule has 0 aliphatic heterocycles. The topological polar surface area (TPSA) is 46.9 Å². The molecule has 1 aromatic heterocycles. The number of amides is 1. The summed E-state index contributed by atoms with van der Waals surface area (Å²) in [6, 6.07) is 5.65. The first kappa shape index (κ1) is 15.0. The summed E-state index contributed by atoms with van der Waals surface area (Å²) in [5, 5.41) is 7.07. The number of nitrogens with one attached hydrogen (secondary N) is 1. The van der Waals surface area contributed by atoms with Crippen LogP contribution in [0.15, 0.2) is 30.3 Å². The van der Waals surface area contributed by atoms with Crippen LogP contribution in [0, 0.1) is 19.7 Å². The summed E-state index contributed by atoms with van der Waals surface area (Å²) in [7, 11) is 0.